The smallest absolute Gasteiger partial charge is 0.337 e. The molecule has 0 aromatic rings. The van der Waals surface area contributed by atoms with Gasteiger partial charge in [0, 0.05) is 13.7 Å². The second-order valence-electron chi connectivity index (χ2n) is 3.20. The van der Waals surface area contributed by atoms with Gasteiger partial charge in [-0.05, 0) is 20.3 Å². The Kier molecular flexibility index (Phi) is 5.66. The average Bonchev–Trinajstić information content (AvgIpc) is 2.11. The molecule has 0 spiro atoms. The van der Waals surface area contributed by atoms with E-state index in [0.717, 1.165) is 6.42 Å². The molecule has 0 rings (SSSR count). The minimum absolute atomic E-state index is 0.357. The molecule has 4 nitrogen and oxygen atoms in total. The number of rotatable bonds is 6. The van der Waals surface area contributed by atoms with Crippen LogP contribution in [0.25, 0.3) is 0 Å². The van der Waals surface area contributed by atoms with Gasteiger partial charge in [0.2, 0.25) is 0 Å². The van der Waals surface area contributed by atoms with Crippen LogP contribution < -0.4 is 0 Å². The molecular weight excluding hydrogens is 172 g/mol. The van der Waals surface area contributed by atoms with E-state index in [4.69, 9.17) is 9.47 Å². The molecule has 0 amide bonds. The Morgan fingerprint density at radius 1 is 1.23 bits per heavy atom. The van der Waals surface area contributed by atoms with Gasteiger partial charge < -0.3 is 14.2 Å². The van der Waals surface area contributed by atoms with E-state index in [0.29, 0.717) is 13.2 Å². The lowest BCUT2D eigenvalue weighted by Gasteiger charge is -2.21. The fourth-order valence-electron chi connectivity index (χ4n) is 0.835. The van der Waals surface area contributed by atoms with Crippen LogP contribution in [0.4, 0.5) is 0 Å². The Morgan fingerprint density at radius 2 is 1.85 bits per heavy atom. The molecule has 0 saturated carbocycles. The molecule has 0 aliphatic carbocycles. The first-order chi connectivity index (χ1) is 6.04. The van der Waals surface area contributed by atoms with Crippen LogP contribution in [0, 0.1) is 0 Å². The van der Waals surface area contributed by atoms with Gasteiger partial charge in [0.1, 0.15) is 0 Å². The van der Waals surface area contributed by atoms with Gasteiger partial charge in [-0.3, -0.25) is 0 Å². The van der Waals surface area contributed by atoms with Crippen molar-refractivity contribution in [2.75, 3.05) is 27.4 Å². The minimum Gasteiger partial charge on any atom is -0.467 e. The quantitative estimate of drug-likeness (QED) is 0.463. The third kappa shape index (κ3) is 4.85. The summed E-state index contributed by atoms with van der Waals surface area (Å²) in [5.41, 5.74) is -0.859. The van der Waals surface area contributed by atoms with E-state index in [-0.39, 0.29) is 5.97 Å². The first kappa shape index (κ1) is 12.4. The normalized spacial score (nSPS) is 11.4. The van der Waals surface area contributed by atoms with E-state index in [1.165, 1.54) is 7.11 Å². The summed E-state index contributed by atoms with van der Waals surface area (Å²) in [7, 11) is 2.98. The molecule has 0 N–H and O–H groups in total. The van der Waals surface area contributed by atoms with Crippen molar-refractivity contribution in [2.24, 2.45) is 0 Å². The van der Waals surface area contributed by atoms with Crippen LogP contribution in [-0.2, 0) is 19.0 Å². The topological polar surface area (TPSA) is 44.8 Å². The molecule has 0 fully saturated rings. The standard InChI is InChI=1S/C9H18O4/c1-9(2,8(10)12-4)13-7-5-6-11-3/h5-7H2,1-4H3. The van der Waals surface area contributed by atoms with Crippen molar-refractivity contribution in [3.8, 4) is 0 Å². The molecular formula is C9H18O4. The summed E-state index contributed by atoms with van der Waals surface area (Å²) in [6.07, 6.45) is 0.775. The second kappa shape index (κ2) is 5.94. The number of carbonyl (C=O) groups excluding carboxylic acids is 1. The molecule has 0 unspecified atom stereocenters. The maximum Gasteiger partial charge on any atom is 0.337 e. The van der Waals surface area contributed by atoms with Crippen LogP contribution >= 0.6 is 0 Å². The Labute approximate surface area is 79.2 Å². The third-order valence-electron chi connectivity index (χ3n) is 1.63. The van der Waals surface area contributed by atoms with Gasteiger partial charge in [-0.2, -0.15) is 0 Å². The minimum atomic E-state index is -0.859. The molecule has 0 aromatic heterocycles. The monoisotopic (exact) mass is 190 g/mol. The second-order valence-corrected chi connectivity index (χ2v) is 3.20. The molecule has 0 aromatic carbocycles. The maximum absolute atomic E-state index is 11.1. The van der Waals surface area contributed by atoms with Crippen molar-refractivity contribution in [3.05, 3.63) is 0 Å². The van der Waals surface area contributed by atoms with Crippen LogP contribution in [0.2, 0.25) is 0 Å². The average molecular weight is 190 g/mol. The van der Waals surface area contributed by atoms with Crippen molar-refractivity contribution in [1.82, 2.24) is 0 Å². The van der Waals surface area contributed by atoms with Crippen molar-refractivity contribution in [1.29, 1.82) is 0 Å². The van der Waals surface area contributed by atoms with Crippen molar-refractivity contribution in [2.45, 2.75) is 25.9 Å². The first-order valence-corrected chi connectivity index (χ1v) is 4.26. The lowest BCUT2D eigenvalue weighted by molar-refractivity contribution is -0.165. The lowest BCUT2D eigenvalue weighted by atomic mass is 10.1. The molecule has 0 atom stereocenters. The highest BCUT2D eigenvalue weighted by molar-refractivity contribution is 5.78. The predicted molar refractivity (Wildman–Crippen MR) is 48.5 cm³/mol. The van der Waals surface area contributed by atoms with Gasteiger partial charge in [0.25, 0.3) is 0 Å². The Bertz CT molecular complexity index is 154. The first-order valence-electron chi connectivity index (χ1n) is 4.26. The summed E-state index contributed by atoms with van der Waals surface area (Å²) >= 11 is 0. The largest absolute Gasteiger partial charge is 0.467 e. The maximum atomic E-state index is 11.1. The van der Waals surface area contributed by atoms with Crippen LogP contribution in [0.5, 0.6) is 0 Å². The van der Waals surface area contributed by atoms with Crippen molar-refractivity contribution >= 4 is 5.97 Å². The number of esters is 1. The van der Waals surface area contributed by atoms with E-state index in [1.807, 2.05) is 0 Å². The molecule has 78 valence electrons. The Morgan fingerprint density at radius 3 is 2.31 bits per heavy atom. The summed E-state index contributed by atoms with van der Waals surface area (Å²) in [5.74, 6) is -0.357. The molecule has 0 heterocycles. The van der Waals surface area contributed by atoms with Crippen molar-refractivity contribution in [3.63, 3.8) is 0 Å². The molecule has 0 aliphatic heterocycles. The number of carbonyl (C=O) groups is 1. The number of hydrogen-bond donors (Lipinski definition) is 0. The summed E-state index contributed by atoms with van der Waals surface area (Å²) in [6.45, 7) is 4.50. The fourth-order valence-corrected chi connectivity index (χ4v) is 0.835. The molecule has 13 heavy (non-hydrogen) atoms. The highest BCUT2D eigenvalue weighted by Gasteiger charge is 2.29. The molecule has 4 heteroatoms. The number of hydrogen-bond acceptors (Lipinski definition) is 4. The van der Waals surface area contributed by atoms with Crippen LogP contribution in [0.1, 0.15) is 20.3 Å². The highest BCUT2D eigenvalue weighted by atomic mass is 16.6. The zero-order valence-corrected chi connectivity index (χ0v) is 8.75. The molecule has 0 saturated heterocycles. The van der Waals surface area contributed by atoms with E-state index in [1.54, 1.807) is 21.0 Å². The van der Waals surface area contributed by atoms with Crippen LogP contribution in [0.15, 0.2) is 0 Å². The fraction of sp³-hybridized carbons (Fsp3) is 0.889. The van der Waals surface area contributed by atoms with E-state index < -0.39 is 5.60 Å². The van der Waals surface area contributed by atoms with Crippen LogP contribution in [-0.4, -0.2) is 39.0 Å². The van der Waals surface area contributed by atoms with E-state index in [9.17, 15) is 4.79 Å². The van der Waals surface area contributed by atoms with E-state index >= 15 is 0 Å². The summed E-state index contributed by atoms with van der Waals surface area (Å²) in [4.78, 5) is 11.1. The van der Waals surface area contributed by atoms with Gasteiger partial charge in [-0.15, -0.1) is 0 Å². The van der Waals surface area contributed by atoms with Gasteiger partial charge in [-0.1, -0.05) is 0 Å². The van der Waals surface area contributed by atoms with E-state index in [2.05, 4.69) is 4.74 Å². The zero-order chi connectivity index (χ0) is 10.3. The lowest BCUT2D eigenvalue weighted by Crippen LogP contribution is -2.36. The van der Waals surface area contributed by atoms with Crippen molar-refractivity contribution < 1.29 is 19.0 Å². The number of ether oxygens (including phenoxy) is 3. The third-order valence-corrected chi connectivity index (χ3v) is 1.63. The van der Waals surface area contributed by atoms with Gasteiger partial charge in [-0.25, -0.2) is 4.79 Å². The van der Waals surface area contributed by atoms with Gasteiger partial charge in [0.05, 0.1) is 13.7 Å². The molecule has 0 bridgehead atoms. The van der Waals surface area contributed by atoms with Gasteiger partial charge >= 0.3 is 5.97 Å². The Balaban J connectivity index is 3.69. The molecule has 0 radical (unpaired) electrons. The number of methoxy groups -OCH3 is 2. The predicted octanol–water partition coefficient (Wildman–Crippen LogP) is 0.991. The van der Waals surface area contributed by atoms with Crippen LogP contribution in [0.3, 0.4) is 0 Å². The highest BCUT2D eigenvalue weighted by Crippen LogP contribution is 2.11. The summed E-state index contributed by atoms with van der Waals surface area (Å²) in [5, 5.41) is 0. The van der Waals surface area contributed by atoms with Gasteiger partial charge in [0.15, 0.2) is 5.60 Å². The zero-order valence-electron chi connectivity index (χ0n) is 8.75. The summed E-state index contributed by atoms with van der Waals surface area (Å²) < 4.78 is 14.8. The Hall–Kier alpha value is -0.610. The SMILES string of the molecule is COCCCOC(C)(C)C(=O)OC. The molecule has 0 aliphatic rings. The summed E-state index contributed by atoms with van der Waals surface area (Å²) in [6, 6.07) is 0.